The summed E-state index contributed by atoms with van der Waals surface area (Å²) in [5.74, 6) is -1.04. The van der Waals surface area contributed by atoms with Crippen LogP contribution >= 0.6 is 15.9 Å². The fraction of sp³-hybridized carbons (Fsp3) is 0.467. The number of urea groups is 1. The Morgan fingerprint density at radius 1 is 1.29 bits per heavy atom. The Morgan fingerprint density at radius 3 is 2.14 bits per heavy atom. The average Bonchev–Trinajstić information content (AvgIpc) is 2.34. The van der Waals surface area contributed by atoms with Gasteiger partial charge in [0.25, 0.3) is 0 Å². The number of nitrogens with zero attached hydrogens (tertiary/aromatic N) is 1. The van der Waals surface area contributed by atoms with Gasteiger partial charge >= 0.3 is 12.0 Å². The molecule has 0 radical (unpaired) electrons. The molecular formula is C15H21BrN2O3. The van der Waals surface area contributed by atoms with E-state index in [1.165, 1.54) is 18.7 Å². The third kappa shape index (κ3) is 3.75. The van der Waals surface area contributed by atoms with Crippen molar-refractivity contribution in [3.63, 3.8) is 0 Å². The molecule has 0 aliphatic carbocycles. The molecular weight excluding hydrogens is 336 g/mol. The fourth-order valence-corrected chi connectivity index (χ4v) is 2.88. The van der Waals surface area contributed by atoms with Gasteiger partial charge in [-0.05, 0) is 57.9 Å². The molecule has 1 aromatic rings. The second kappa shape index (κ2) is 6.47. The van der Waals surface area contributed by atoms with E-state index in [4.69, 9.17) is 0 Å². The van der Waals surface area contributed by atoms with Crippen molar-refractivity contribution >= 4 is 33.6 Å². The number of carboxylic acids is 1. The molecule has 0 saturated heterocycles. The van der Waals surface area contributed by atoms with Crippen molar-refractivity contribution in [1.29, 1.82) is 0 Å². The van der Waals surface area contributed by atoms with Gasteiger partial charge in [0.2, 0.25) is 0 Å². The molecule has 0 unspecified atom stereocenters. The molecule has 0 aliphatic rings. The summed E-state index contributed by atoms with van der Waals surface area (Å²) in [7, 11) is 0. The maximum Gasteiger partial charge on any atom is 0.329 e. The van der Waals surface area contributed by atoms with Crippen LogP contribution in [-0.2, 0) is 4.79 Å². The van der Waals surface area contributed by atoms with Crippen molar-refractivity contribution in [2.75, 3.05) is 11.9 Å². The third-order valence-corrected chi connectivity index (χ3v) is 3.95. The minimum Gasteiger partial charge on any atom is -0.480 e. The summed E-state index contributed by atoms with van der Waals surface area (Å²) in [6, 6.07) is 3.39. The number of carbonyl (C=O) groups excluding carboxylic acids is 1. The minimum atomic E-state index is -1.27. The minimum absolute atomic E-state index is 0.305. The Labute approximate surface area is 133 Å². The summed E-state index contributed by atoms with van der Waals surface area (Å²) < 4.78 is 0.939. The zero-order chi connectivity index (χ0) is 16.4. The first kappa shape index (κ1) is 17.5. The summed E-state index contributed by atoms with van der Waals surface area (Å²) in [6.45, 7) is 8.88. The van der Waals surface area contributed by atoms with Gasteiger partial charge in [-0.3, -0.25) is 0 Å². The molecule has 1 rings (SSSR count). The quantitative estimate of drug-likeness (QED) is 0.862. The van der Waals surface area contributed by atoms with Gasteiger partial charge in [-0.25, -0.2) is 9.59 Å². The molecule has 116 valence electrons. The monoisotopic (exact) mass is 356 g/mol. The lowest BCUT2D eigenvalue weighted by Crippen LogP contribution is -2.54. The van der Waals surface area contributed by atoms with Crippen LogP contribution in [0.2, 0.25) is 0 Å². The highest BCUT2D eigenvalue weighted by Gasteiger charge is 2.37. The number of aryl methyl sites for hydroxylation is 2. The van der Waals surface area contributed by atoms with Gasteiger partial charge in [0.15, 0.2) is 0 Å². The zero-order valence-electron chi connectivity index (χ0n) is 13.0. The first-order valence-corrected chi connectivity index (χ1v) is 7.49. The van der Waals surface area contributed by atoms with Crippen LogP contribution in [0.1, 0.15) is 31.9 Å². The van der Waals surface area contributed by atoms with Crippen LogP contribution in [0.4, 0.5) is 10.5 Å². The molecule has 0 saturated carbocycles. The van der Waals surface area contributed by atoms with Crippen molar-refractivity contribution in [3.8, 4) is 0 Å². The number of carbonyl (C=O) groups is 2. The number of anilines is 1. The van der Waals surface area contributed by atoms with E-state index in [-0.39, 0.29) is 0 Å². The molecule has 21 heavy (non-hydrogen) atoms. The van der Waals surface area contributed by atoms with Crippen molar-refractivity contribution in [2.45, 2.75) is 40.2 Å². The van der Waals surface area contributed by atoms with Crippen LogP contribution in [0.15, 0.2) is 16.6 Å². The topological polar surface area (TPSA) is 69.6 Å². The van der Waals surface area contributed by atoms with Gasteiger partial charge in [-0.1, -0.05) is 15.9 Å². The molecule has 0 heterocycles. The lowest BCUT2D eigenvalue weighted by molar-refractivity contribution is -0.147. The molecule has 0 aromatic heterocycles. The molecule has 0 bridgehead atoms. The molecule has 0 aliphatic heterocycles. The van der Waals surface area contributed by atoms with E-state index in [1.54, 1.807) is 6.92 Å². The maximum atomic E-state index is 12.4. The summed E-state index contributed by atoms with van der Waals surface area (Å²) in [5.41, 5.74) is 1.28. The zero-order valence-corrected chi connectivity index (χ0v) is 14.5. The van der Waals surface area contributed by atoms with Crippen molar-refractivity contribution in [3.05, 3.63) is 27.7 Å². The predicted molar refractivity (Wildman–Crippen MR) is 86.7 cm³/mol. The van der Waals surface area contributed by atoms with E-state index >= 15 is 0 Å². The number of carboxylic acid groups (broad SMARTS) is 1. The lowest BCUT2D eigenvalue weighted by atomic mass is 10.0. The average molecular weight is 357 g/mol. The molecule has 0 fully saturated rings. The van der Waals surface area contributed by atoms with Gasteiger partial charge < -0.3 is 15.3 Å². The number of nitrogens with one attached hydrogen (secondary N) is 1. The van der Waals surface area contributed by atoms with Crippen molar-refractivity contribution < 1.29 is 14.7 Å². The summed E-state index contributed by atoms with van der Waals surface area (Å²) >= 11 is 3.41. The normalized spacial score (nSPS) is 11.1. The lowest BCUT2D eigenvalue weighted by Gasteiger charge is -2.34. The van der Waals surface area contributed by atoms with E-state index in [0.717, 1.165) is 15.6 Å². The molecule has 2 amide bonds. The van der Waals surface area contributed by atoms with Crippen LogP contribution in [0.5, 0.6) is 0 Å². The maximum absolute atomic E-state index is 12.4. The Hall–Kier alpha value is -1.56. The number of likely N-dealkylation sites (N-methyl/N-ethyl adjacent to an activating group) is 1. The number of hydrogen-bond donors (Lipinski definition) is 2. The van der Waals surface area contributed by atoms with Crippen molar-refractivity contribution in [1.82, 2.24) is 4.90 Å². The molecule has 2 N–H and O–H groups in total. The van der Waals surface area contributed by atoms with Crippen molar-refractivity contribution in [2.24, 2.45) is 0 Å². The molecule has 5 nitrogen and oxygen atoms in total. The van der Waals surface area contributed by atoms with Gasteiger partial charge in [0.1, 0.15) is 5.54 Å². The number of benzene rings is 1. The number of hydrogen-bond acceptors (Lipinski definition) is 2. The SMILES string of the molecule is CCN(C(=O)Nc1c(C)cc(Br)cc1C)C(C)(C)C(=O)O. The highest BCUT2D eigenvalue weighted by molar-refractivity contribution is 9.10. The second-order valence-corrected chi connectivity index (χ2v) is 6.37. The van der Waals surface area contributed by atoms with Crippen LogP contribution < -0.4 is 5.32 Å². The highest BCUT2D eigenvalue weighted by Crippen LogP contribution is 2.26. The van der Waals surface area contributed by atoms with Gasteiger partial charge in [0.05, 0.1) is 0 Å². The predicted octanol–water partition coefficient (Wildman–Crippen LogP) is 3.78. The summed E-state index contributed by atoms with van der Waals surface area (Å²) in [4.78, 5) is 25.1. The Kier molecular flexibility index (Phi) is 5.39. The number of amides is 2. The Bertz CT molecular complexity index is 547. The number of halogens is 1. The van der Waals surface area contributed by atoms with E-state index in [0.29, 0.717) is 12.2 Å². The highest BCUT2D eigenvalue weighted by atomic mass is 79.9. The summed E-state index contributed by atoms with van der Waals surface area (Å²) in [5, 5.41) is 12.1. The molecule has 1 aromatic carbocycles. The van der Waals surface area contributed by atoms with Gasteiger partial charge in [-0.15, -0.1) is 0 Å². The van der Waals surface area contributed by atoms with Crippen LogP contribution in [0.25, 0.3) is 0 Å². The largest absolute Gasteiger partial charge is 0.480 e. The van der Waals surface area contributed by atoms with E-state index in [1.807, 2.05) is 26.0 Å². The molecule has 0 atom stereocenters. The summed E-state index contributed by atoms with van der Waals surface area (Å²) in [6.07, 6.45) is 0. The van der Waals surface area contributed by atoms with E-state index in [9.17, 15) is 14.7 Å². The first-order valence-electron chi connectivity index (χ1n) is 6.70. The number of rotatable bonds is 4. The number of aliphatic carboxylic acids is 1. The van der Waals surface area contributed by atoms with E-state index in [2.05, 4.69) is 21.2 Å². The van der Waals surface area contributed by atoms with E-state index < -0.39 is 17.5 Å². The first-order chi connectivity index (χ1) is 9.61. The Balaban J connectivity index is 3.08. The standard InChI is InChI=1S/C15H21BrN2O3/c1-6-18(15(4,5)13(19)20)14(21)17-12-9(2)7-11(16)8-10(12)3/h7-8H,6H2,1-5H3,(H,17,21)(H,19,20). The van der Waals surface area contributed by atoms with Gasteiger partial charge in [0, 0.05) is 16.7 Å². The fourth-order valence-electron chi connectivity index (χ4n) is 2.19. The molecule has 6 heteroatoms. The smallest absolute Gasteiger partial charge is 0.329 e. The third-order valence-electron chi connectivity index (χ3n) is 3.49. The van der Waals surface area contributed by atoms with Gasteiger partial charge in [-0.2, -0.15) is 0 Å². The van der Waals surface area contributed by atoms with Crippen LogP contribution in [0, 0.1) is 13.8 Å². The second-order valence-electron chi connectivity index (χ2n) is 5.45. The Morgan fingerprint density at radius 2 is 1.76 bits per heavy atom. The van der Waals surface area contributed by atoms with Crippen LogP contribution in [-0.4, -0.2) is 34.1 Å². The van der Waals surface area contributed by atoms with Crippen LogP contribution in [0.3, 0.4) is 0 Å². The molecule has 0 spiro atoms.